The third-order valence-corrected chi connectivity index (χ3v) is 5.63. The van der Waals surface area contributed by atoms with Gasteiger partial charge in [0.25, 0.3) is 0 Å². The minimum atomic E-state index is -0.132. The second-order valence-corrected chi connectivity index (χ2v) is 8.19. The zero-order valence-electron chi connectivity index (χ0n) is 16.1. The van der Waals surface area contributed by atoms with Crippen LogP contribution in [0, 0.1) is 0 Å². The molecule has 0 aliphatic rings. The summed E-state index contributed by atoms with van der Waals surface area (Å²) in [6, 6.07) is 22.7. The van der Waals surface area contributed by atoms with E-state index in [0.717, 1.165) is 16.9 Å². The van der Waals surface area contributed by atoms with Gasteiger partial charge >= 0.3 is 0 Å². The molecular weight excluding hydrogens is 439 g/mol. The smallest absolute Gasteiger partial charge is 0.250 e. The molecule has 0 radical (unpaired) electrons. The lowest BCUT2D eigenvalue weighted by Gasteiger charge is -2.08. The topological polar surface area (TPSA) is 50.7 Å². The van der Waals surface area contributed by atoms with E-state index in [1.807, 2.05) is 60.7 Å². The number of carbonyl (C=O) groups excluding carboxylic acids is 1. The fourth-order valence-corrected chi connectivity index (χ4v) is 3.74. The first-order valence-electron chi connectivity index (χ1n) is 9.20. The van der Waals surface area contributed by atoms with E-state index in [2.05, 4.69) is 10.5 Å². The van der Waals surface area contributed by atoms with E-state index in [0.29, 0.717) is 28.2 Å². The first-order chi connectivity index (χ1) is 14.6. The number of nitrogens with one attached hydrogen (secondary N) is 1. The Labute approximate surface area is 190 Å². The zero-order valence-corrected chi connectivity index (χ0v) is 18.4. The Morgan fingerprint density at radius 2 is 1.80 bits per heavy atom. The monoisotopic (exact) mass is 458 g/mol. The number of amides is 1. The van der Waals surface area contributed by atoms with Crippen molar-refractivity contribution in [1.82, 2.24) is 5.43 Å². The molecule has 0 fully saturated rings. The summed E-state index contributed by atoms with van der Waals surface area (Å²) >= 11 is 13.6. The van der Waals surface area contributed by atoms with E-state index in [4.69, 9.17) is 27.9 Å². The highest BCUT2D eigenvalue weighted by molar-refractivity contribution is 7.99. The number of benzene rings is 3. The van der Waals surface area contributed by atoms with Gasteiger partial charge in [-0.1, -0.05) is 59.6 Å². The van der Waals surface area contributed by atoms with E-state index >= 15 is 0 Å². The fourth-order valence-electron chi connectivity index (χ4n) is 2.50. The molecule has 0 atom stereocenters. The minimum absolute atomic E-state index is 0.132. The number of rotatable bonds is 9. The van der Waals surface area contributed by atoms with E-state index in [1.54, 1.807) is 30.1 Å². The summed E-state index contributed by atoms with van der Waals surface area (Å²) in [6.07, 6.45) is 1.60. The number of ether oxygens (including phenoxy) is 1. The van der Waals surface area contributed by atoms with Crippen LogP contribution in [0.4, 0.5) is 0 Å². The van der Waals surface area contributed by atoms with E-state index < -0.39 is 0 Å². The molecule has 154 valence electrons. The van der Waals surface area contributed by atoms with Crippen molar-refractivity contribution in [3.05, 3.63) is 99.5 Å². The first kappa shape index (κ1) is 22.2. The van der Waals surface area contributed by atoms with Gasteiger partial charge < -0.3 is 4.74 Å². The molecule has 30 heavy (non-hydrogen) atoms. The third-order valence-electron chi connectivity index (χ3n) is 4.04. The Kier molecular flexibility index (Phi) is 8.63. The Morgan fingerprint density at radius 3 is 2.53 bits per heavy atom. The molecule has 0 spiro atoms. The van der Waals surface area contributed by atoms with Crippen molar-refractivity contribution in [2.75, 3.05) is 5.75 Å². The van der Waals surface area contributed by atoms with Crippen LogP contribution in [0.2, 0.25) is 10.0 Å². The maximum absolute atomic E-state index is 11.9. The molecule has 3 aromatic carbocycles. The number of thioether (sulfide) groups is 1. The normalized spacial score (nSPS) is 10.9. The lowest BCUT2D eigenvalue weighted by atomic mass is 10.2. The van der Waals surface area contributed by atoms with Gasteiger partial charge in [-0.15, -0.1) is 11.8 Å². The fraction of sp³-hybridized carbons (Fsp3) is 0.130. The highest BCUT2D eigenvalue weighted by atomic mass is 35.5. The molecule has 4 nitrogen and oxygen atoms in total. The third kappa shape index (κ3) is 7.41. The first-order valence-corrected chi connectivity index (χ1v) is 11.1. The van der Waals surface area contributed by atoms with Gasteiger partial charge in [0.2, 0.25) is 5.91 Å². The van der Waals surface area contributed by atoms with Gasteiger partial charge in [0.15, 0.2) is 0 Å². The molecule has 0 saturated heterocycles. The van der Waals surface area contributed by atoms with Crippen LogP contribution in [-0.4, -0.2) is 17.9 Å². The van der Waals surface area contributed by atoms with E-state index in [9.17, 15) is 4.79 Å². The second-order valence-electron chi connectivity index (χ2n) is 6.37. The predicted molar refractivity (Wildman–Crippen MR) is 126 cm³/mol. The minimum Gasteiger partial charge on any atom is -0.489 e. The van der Waals surface area contributed by atoms with Crippen LogP contribution < -0.4 is 10.2 Å². The average Bonchev–Trinajstić information content (AvgIpc) is 2.75. The molecule has 0 unspecified atom stereocenters. The highest BCUT2D eigenvalue weighted by Gasteiger charge is 2.03. The van der Waals surface area contributed by atoms with Crippen molar-refractivity contribution >= 4 is 47.1 Å². The van der Waals surface area contributed by atoms with Crippen LogP contribution in [0.25, 0.3) is 0 Å². The largest absolute Gasteiger partial charge is 0.489 e. The Balaban J connectivity index is 1.40. The molecule has 3 rings (SSSR count). The number of hydrogen-bond donors (Lipinski definition) is 1. The number of hydrazone groups is 1. The van der Waals surface area contributed by atoms with Gasteiger partial charge in [0, 0.05) is 21.4 Å². The van der Waals surface area contributed by atoms with Gasteiger partial charge in [0.1, 0.15) is 12.4 Å². The standard InChI is InChI=1S/C23H20Cl2N2O2S/c24-20-9-8-19(22(25)12-20)14-29-21-10-6-17(7-11-21)13-26-27-23(28)16-30-15-18-4-2-1-3-5-18/h1-13H,14-16H2,(H,27,28)/b26-13-. The molecule has 0 bridgehead atoms. The van der Waals surface area contributed by atoms with Gasteiger partial charge in [-0.3, -0.25) is 4.79 Å². The molecule has 3 aromatic rings. The summed E-state index contributed by atoms with van der Waals surface area (Å²) in [5.41, 5.74) is 5.45. The van der Waals surface area contributed by atoms with Crippen LogP contribution >= 0.6 is 35.0 Å². The summed E-state index contributed by atoms with van der Waals surface area (Å²) in [4.78, 5) is 11.9. The molecule has 0 saturated carbocycles. The summed E-state index contributed by atoms with van der Waals surface area (Å²) < 4.78 is 5.75. The number of halogens is 2. The van der Waals surface area contributed by atoms with Crippen molar-refractivity contribution in [2.24, 2.45) is 5.10 Å². The summed E-state index contributed by atoms with van der Waals surface area (Å²) in [6.45, 7) is 0.347. The van der Waals surface area contributed by atoms with Crippen LogP contribution in [0.1, 0.15) is 16.7 Å². The molecule has 0 aliphatic carbocycles. The summed E-state index contributed by atoms with van der Waals surface area (Å²) in [5, 5.41) is 5.17. The summed E-state index contributed by atoms with van der Waals surface area (Å²) in [7, 11) is 0. The van der Waals surface area contributed by atoms with Crippen LogP contribution in [0.5, 0.6) is 5.75 Å². The molecule has 0 aromatic heterocycles. The molecule has 7 heteroatoms. The van der Waals surface area contributed by atoms with Crippen molar-refractivity contribution in [1.29, 1.82) is 0 Å². The lowest BCUT2D eigenvalue weighted by Crippen LogP contribution is -2.19. The molecule has 1 N–H and O–H groups in total. The maximum atomic E-state index is 11.9. The number of nitrogens with zero attached hydrogens (tertiary/aromatic N) is 1. The molecule has 1 amide bonds. The highest BCUT2D eigenvalue weighted by Crippen LogP contribution is 2.22. The Bertz CT molecular complexity index is 996. The van der Waals surface area contributed by atoms with Crippen LogP contribution in [0.3, 0.4) is 0 Å². The van der Waals surface area contributed by atoms with Crippen molar-refractivity contribution in [3.63, 3.8) is 0 Å². The van der Waals surface area contributed by atoms with Gasteiger partial charge in [-0.05, 0) is 47.5 Å². The van der Waals surface area contributed by atoms with E-state index in [-0.39, 0.29) is 5.91 Å². The van der Waals surface area contributed by atoms with Gasteiger partial charge in [-0.2, -0.15) is 5.10 Å². The quantitative estimate of drug-likeness (QED) is 0.318. The van der Waals surface area contributed by atoms with E-state index in [1.165, 1.54) is 5.56 Å². The average molecular weight is 459 g/mol. The number of carbonyl (C=O) groups is 1. The maximum Gasteiger partial charge on any atom is 0.250 e. The van der Waals surface area contributed by atoms with Crippen molar-refractivity contribution in [3.8, 4) is 5.75 Å². The Hall–Kier alpha value is -2.47. The molecule has 0 aliphatic heterocycles. The SMILES string of the molecule is O=C(CSCc1ccccc1)N/N=C\c1ccc(OCc2ccc(Cl)cc2Cl)cc1. The van der Waals surface area contributed by atoms with Crippen molar-refractivity contribution in [2.45, 2.75) is 12.4 Å². The van der Waals surface area contributed by atoms with Gasteiger partial charge in [-0.25, -0.2) is 5.43 Å². The zero-order chi connectivity index (χ0) is 21.2. The number of hydrogen-bond acceptors (Lipinski definition) is 4. The second kappa shape index (κ2) is 11.6. The summed E-state index contributed by atoms with van der Waals surface area (Å²) in [5.74, 6) is 1.72. The molecular formula is C23H20Cl2N2O2S. The van der Waals surface area contributed by atoms with Gasteiger partial charge in [0.05, 0.1) is 12.0 Å². The Morgan fingerprint density at radius 1 is 1.03 bits per heavy atom. The van der Waals surface area contributed by atoms with Crippen LogP contribution in [-0.2, 0) is 17.2 Å². The lowest BCUT2D eigenvalue weighted by molar-refractivity contribution is -0.118. The predicted octanol–water partition coefficient (Wildman–Crippen LogP) is 5.96. The molecule has 0 heterocycles. The van der Waals surface area contributed by atoms with Crippen LogP contribution in [0.15, 0.2) is 77.9 Å². The van der Waals surface area contributed by atoms with Crippen molar-refractivity contribution < 1.29 is 9.53 Å².